The molecule has 2 aromatic rings. The molecule has 0 unspecified atom stereocenters. The van der Waals surface area contributed by atoms with Gasteiger partial charge in [-0.2, -0.15) is 4.98 Å². The number of rotatable bonds is 12. The van der Waals surface area contributed by atoms with E-state index >= 15 is 4.39 Å². The van der Waals surface area contributed by atoms with Crippen LogP contribution < -0.4 is 11.5 Å². The second-order valence-corrected chi connectivity index (χ2v) is 15.9. The van der Waals surface area contributed by atoms with E-state index < -0.39 is 49.2 Å². The van der Waals surface area contributed by atoms with Gasteiger partial charge in [0.15, 0.2) is 27.4 Å². The Morgan fingerprint density at radius 3 is 2.14 bits per heavy atom. The average Bonchev–Trinajstić information content (AvgIpc) is 3.40. The number of carbonyl (C=O) groups is 2. The number of fused-ring (bicyclic) bond motifs is 1. The lowest BCUT2D eigenvalue weighted by molar-refractivity contribution is -0.118. The van der Waals surface area contributed by atoms with Gasteiger partial charge in [0, 0.05) is 22.3 Å². The highest BCUT2D eigenvalue weighted by atomic mass is 32.2. The predicted octanol–water partition coefficient (Wildman–Crippen LogP) is 3.59. The van der Waals surface area contributed by atoms with Crippen molar-refractivity contribution >= 4 is 59.0 Å². The van der Waals surface area contributed by atoms with E-state index in [9.17, 15) is 19.3 Å². The van der Waals surface area contributed by atoms with Gasteiger partial charge in [-0.25, -0.2) is 18.5 Å². The minimum absolute atomic E-state index is 0.0299. The Morgan fingerprint density at radius 1 is 1.09 bits per heavy atom. The monoisotopic (exact) mass is 666 g/mol. The number of phosphoric ester groups is 1. The fraction of sp³-hybridized carbons (Fsp3) is 0.720. The summed E-state index contributed by atoms with van der Waals surface area (Å²) >= 11 is 2.02. The highest BCUT2D eigenvalue weighted by molar-refractivity contribution is 8.14. The minimum Gasteiger partial charge on any atom is -0.387 e. The number of hydrogen-bond donors (Lipinski definition) is 3. The zero-order valence-corrected chi connectivity index (χ0v) is 27.8. The number of hydrogen-bond acceptors (Lipinski definition) is 15. The van der Waals surface area contributed by atoms with Gasteiger partial charge in [-0.3, -0.25) is 23.2 Å². The summed E-state index contributed by atoms with van der Waals surface area (Å²) in [5.74, 6) is 0.125. The second-order valence-electron chi connectivity index (χ2n) is 12.1. The first kappa shape index (κ1) is 35.6. The Balaban J connectivity index is 1.70. The molecule has 5 N–H and O–H groups in total. The van der Waals surface area contributed by atoms with E-state index in [1.807, 2.05) is 0 Å². The van der Waals surface area contributed by atoms with Crippen LogP contribution in [0.1, 0.15) is 60.3 Å². The van der Waals surface area contributed by atoms with Crippen LogP contribution in [0, 0.1) is 10.8 Å². The Hall–Kier alpha value is -1.85. The molecule has 1 aliphatic heterocycles. The number of ether oxygens (including phenoxy) is 1. The lowest BCUT2D eigenvalue weighted by Crippen LogP contribution is -2.39. The highest BCUT2D eigenvalue weighted by Gasteiger charge is 2.56. The number of nitrogen functional groups attached to an aromatic ring is 2. The molecule has 1 saturated heterocycles. The molecule has 0 radical (unpaired) electrons. The number of phosphoric acid groups is 1. The molecule has 18 heteroatoms. The van der Waals surface area contributed by atoms with Crippen LogP contribution >= 0.6 is 31.3 Å². The van der Waals surface area contributed by atoms with Crippen molar-refractivity contribution in [3.05, 3.63) is 11.9 Å². The number of halogens is 1. The summed E-state index contributed by atoms with van der Waals surface area (Å²) in [6.07, 6.45) is -3.15. The van der Waals surface area contributed by atoms with Crippen LogP contribution in [0.15, 0.2) is 6.20 Å². The smallest absolute Gasteiger partial charge is 0.387 e. The Labute approximate surface area is 258 Å². The number of aliphatic hydroxyl groups is 1. The molecule has 0 bridgehead atoms. The van der Waals surface area contributed by atoms with Crippen LogP contribution in [-0.2, 0) is 32.5 Å². The van der Waals surface area contributed by atoms with Crippen LogP contribution in [-0.4, -0.2) is 84.1 Å². The summed E-state index contributed by atoms with van der Waals surface area (Å²) in [6.45, 7) is 10.9. The number of imidazole rings is 1. The van der Waals surface area contributed by atoms with Gasteiger partial charge >= 0.3 is 7.82 Å². The summed E-state index contributed by atoms with van der Waals surface area (Å²) in [5.41, 5.74) is 8.25. The molecular formula is C25H40FN6O8PS2. The van der Waals surface area contributed by atoms with Gasteiger partial charge in [0.05, 0.1) is 31.7 Å². The number of nitrogens with zero attached hydrogens (tertiary/aromatic N) is 4. The quantitative estimate of drug-likeness (QED) is 0.219. The Bertz CT molecular complexity index is 1330. The molecule has 14 nitrogen and oxygen atoms in total. The van der Waals surface area contributed by atoms with Crippen LogP contribution in [0.4, 0.5) is 16.2 Å². The van der Waals surface area contributed by atoms with Gasteiger partial charge in [0.1, 0.15) is 18.3 Å². The van der Waals surface area contributed by atoms with E-state index in [1.54, 1.807) is 41.5 Å². The van der Waals surface area contributed by atoms with Crippen molar-refractivity contribution in [2.45, 2.75) is 72.4 Å². The minimum atomic E-state index is -4.31. The maximum atomic E-state index is 15.9. The maximum Gasteiger partial charge on any atom is 0.474 e. The summed E-state index contributed by atoms with van der Waals surface area (Å²) in [4.78, 5) is 32.4. The summed E-state index contributed by atoms with van der Waals surface area (Å²) in [6, 6.07) is 0. The zero-order valence-electron chi connectivity index (χ0n) is 25.2. The first-order valence-electron chi connectivity index (χ1n) is 13.4. The molecule has 1 fully saturated rings. The van der Waals surface area contributed by atoms with Crippen LogP contribution in [0.3, 0.4) is 0 Å². The fourth-order valence-corrected chi connectivity index (χ4v) is 6.78. The van der Waals surface area contributed by atoms with E-state index in [0.717, 1.165) is 30.4 Å². The lowest BCUT2D eigenvalue weighted by Gasteiger charge is -2.23. The summed E-state index contributed by atoms with van der Waals surface area (Å²) < 4.78 is 52.8. The number of nitrogens with two attached hydrogens (primary N) is 2. The molecule has 4 atom stereocenters. The second kappa shape index (κ2) is 13.6. The maximum absolute atomic E-state index is 15.9. The third-order valence-corrected chi connectivity index (χ3v) is 10.2. The van der Waals surface area contributed by atoms with E-state index in [2.05, 4.69) is 15.1 Å². The molecule has 0 aromatic carbocycles. The van der Waals surface area contributed by atoms with Gasteiger partial charge in [0.2, 0.25) is 5.95 Å². The van der Waals surface area contributed by atoms with Gasteiger partial charge in [-0.1, -0.05) is 65.1 Å². The molecule has 3 rings (SSSR count). The van der Waals surface area contributed by atoms with Crippen molar-refractivity contribution in [3.63, 3.8) is 0 Å². The van der Waals surface area contributed by atoms with Gasteiger partial charge < -0.3 is 21.3 Å². The number of aliphatic hydroxyl groups excluding tert-OH is 1. The molecule has 3 heterocycles. The van der Waals surface area contributed by atoms with Crippen molar-refractivity contribution in [2.24, 2.45) is 10.8 Å². The van der Waals surface area contributed by atoms with Crippen molar-refractivity contribution < 1.29 is 42.0 Å². The summed E-state index contributed by atoms with van der Waals surface area (Å²) in [7, 11) is -4.31. The van der Waals surface area contributed by atoms with Crippen LogP contribution in [0.5, 0.6) is 0 Å². The van der Waals surface area contributed by atoms with Crippen LogP contribution in [0.2, 0.25) is 0 Å². The number of alkyl halides is 1. The van der Waals surface area contributed by atoms with E-state index in [1.165, 1.54) is 10.7 Å². The number of thioether (sulfide) groups is 2. The van der Waals surface area contributed by atoms with E-state index in [-0.39, 0.29) is 58.1 Å². The molecule has 1 aliphatic rings. The predicted molar refractivity (Wildman–Crippen MR) is 162 cm³/mol. The molecule has 0 spiro atoms. The van der Waals surface area contributed by atoms with Gasteiger partial charge in [-0.05, 0) is 6.92 Å². The van der Waals surface area contributed by atoms with Gasteiger partial charge in [-0.15, -0.1) is 5.10 Å². The topological polar surface area (TPSA) is 203 Å². The van der Waals surface area contributed by atoms with Crippen molar-refractivity contribution in [1.29, 1.82) is 0 Å². The first-order chi connectivity index (χ1) is 19.8. The average molecular weight is 667 g/mol. The van der Waals surface area contributed by atoms with Gasteiger partial charge in [0.25, 0.3) is 0 Å². The third-order valence-electron chi connectivity index (χ3n) is 6.21. The van der Waals surface area contributed by atoms with Crippen LogP contribution in [0.25, 0.3) is 5.65 Å². The van der Waals surface area contributed by atoms with E-state index in [4.69, 9.17) is 29.8 Å². The molecule has 0 aliphatic carbocycles. The molecule has 0 saturated carbocycles. The number of anilines is 2. The highest BCUT2D eigenvalue weighted by Crippen LogP contribution is 2.52. The third kappa shape index (κ3) is 8.87. The lowest BCUT2D eigenvalue weighted by atomic mass is 9.93. The SMILES string of the molecule is CC(C)(C)C(=O)SCCOP(=O)(OCCSC(=O)C(C)(C)C)OC[C@H]1O[C@@H](c2cnc3c(N)nc(N)nn23)[C@](C)(F)[C@@H]1O. The molecule has 0 amide bonds. The summed E-state index contributed by atoms with van der Waals surface area (Å²) in [5, 5.41) is 14.7. The standard InChI is InChI=1S/C25H40FN6O8PS2/c1-23(2,3)20(34)42-10-8-37-41(36,38-9-11-43-21(35)24(4,5)6)39-13-15-16(33)25(7,26)17(40-15)14-12-29-19-18(27)30-22(28)31-32(14)19/h12,15-17,33H,8-11,13H2,1-7H3,(H4,27,28,30,31)/t15-,16-,17+,25-/m1/s1. The number of aromatic nitrogens is 4. The molecule has 2 aromatic heterocycles. The molecular weight excluding hydrogens is 626 g/mol. The normalized spacial score (nSPS) is 23.2. The fourth-order valence-electron chi connectivity index (χ4n) is 3.78. The van der Waals surface area contributed by atoms with Crippen molar-refractivity contribution in [2.75, 3.05) is 42.8 Å². The van der Waals surface area contributed by atoms with Crippen molar-refractivity contribution in [1.82, 2.24) is 19.6 Å². The molecule has 242 valence electrons. The largest absolute Gasteiger partial charge is 0.474 e. The van der Waals surface area contributed by atoms with E-state index in [0.29, 0.717) is 0 Å². The molecule has 43 heavy (non-hydrogen) atoms. The Kier molecular flexibility index (Phi) is 11.3. The number of carbonyl (C=O) groups excluding carboxylic acids is 2. The first-order valence-corrected chi connectivity index (χ1v) is 16.9. The zero-order chi connectivity index (χ0) is 32.4. The Morgan fingerprint density at radius 2 is 1.63 bits per heavy atom. The van der Waals surface area contributed by atoms with Crippen molar-refractivity contribution in [3.8, 4) is 0 Å².